The molecule has 1 aromatic heterocycles. The van der Waals surface area contributed by atoms with Crippen LogP contribution in [-0.4, -0.2) is 72.7 Å². The van der Waals surface area contributed by atoms with Gasteiger partial charge < -0.3 is 15.0 Å². The average Bonchev–Trinajstić information content (AvgIpc) is 2.40. The van der Waals surface area contributed by atoms with Crippen molar-refractivity contribution in [2.45, 2.75) is 19.9 Å². The first-order chi connectivity index (χ1) is 9.58. The van der Waals surface area contributed by atoms with E-state index in [1.807, 2.05) is 19.9 Å². The van der Waals surface area contributed by atoms with Crippen molar-refractivity contribution in [1.82, 2.24) is 19.8 Å². The molecule has 6 nitrogen and oxygen atoms in total. The summed E-state index contributed by atoms with van der Waals surface area (Å²) in [4.78, 5) is 13.4. The molecule has 0 bridgehead atoms. The molecule has 1 unspecified atom stereocenters. The van der Waals surface area contributed by atoms with Crippen molar-refractivity contribution in [3.63, 3.8) is 0 Å². The van der Waals surface area contributed by atoms with Crippen LogP contribution in [0.2, 0.25) is 0 Å². The Hall–Kier alpha value is -1.40. The standard InChI is InChI=1S/C14H25N5O/c1-5-20-14-8-13(16-11(2)17-14)15-9-12-10-18(3)6-7-19(12)4/h8,12H,5-7,9-10H2,1-4H3,(H,15,16,17). The number of nitrogens with one attached hydrogen (secondary N) is 1. The third-order valence-electron chi connectivity index (χ3n) is 3.61. The number of ether oxygens (including phenoxy) is 1. The average molecular weight is 279 g/mol. The molecule has 1 saturated heterocycles. The summed E-state index contributed by atoms with van der Waals surface area (Å²) >= 11 is 0. The van der Waals surface area contributed by atoms with Crippen molar-refractivity contribution in [2.75, 3.05) is 52.2 Å². The molecule has 1 N–H and O–H groups in total. The first-order valence-electron chi connectivity index (χ1n) is 7.19. The normalized spacial score (nSPS) is 20.9. The highest BCUT2D eigenvalue weighted by atomic mass is 16.5. The van der Waals surface area contributed by atoms with E-state index in [-0.39, 0.29) is 0 Å². The summed E-state index contributed by atoms with van der Waals surface area (Å²) in [5, 5.41) is 3.41. The molecule has 0 aromatic carbocycles. The van der Waals surface area contributed by atoms with Crippen molar-refractivity contribution < 1.29 is 4.74 Å². The van der Waals surface area contributed by atoms with Gasteiger partial charge in [0.2, 0.25) is 5.88 Å². The van der Waals surface area contributed by atoms with E-state index in [0.717, 1.165) is 37.8 Å². The monoisotopic (exact) mass is 279 g/mol. The summed E-state index contributed by atoms with van der Waals surface area (Å²) in [6, 6.07) is 2.36. The lowest BCUT2D eigenvalue weighted by Gasteiger charge is -2.37. The Bertz CT molecular complexity index is 440. The SMILES string of the molecule is CCOc1cc(NCC2CN(C)CCN2C)nc(C)n1. The second kappa shape index (κ2) is 6.85. The van der Waals surface area contributed by atoms with Gasteiger partial charge in [-0.3, -0.25) is 4.90 Å². The second-order valence-corrected chi connectivity index (χ2v) is 5.35. The molecule has 1 aliphatic rings. The van der Waals surface area contributed by atoms with E-state index in [0.29, 0.717) is 18.5 Å². The quantitative estimate of drug-likeness (QED) is 0.862. The summed E-state index contributed by atoms with van der Waals surface area (Å²) in [5.74, 6) is 2.20. The van der Waals surface area contributed by atoms with Crippen LogP contribution in [0, 0.1) is 6.92 Å². The number of nitrogens with zero attached hydrogens (tertiary/aromatic N) is 4. The molecule has 0 radical (unpaired) electrons. The Balaban J connectivity index is 1.95. The number of aromatic nitrogens is 2. The lowest BCUT2D eigenvalue weighted by Crippen LogP contribution is -2.52. The first-order valence-corrected chi connectivity index (χ1v) is 7.19. The van der Waals surface area contributed by atoms with Crippen LogP contribution in [-0.2, 0) is 0 Å². The van der Waals surface area contributed by atoms with Gasteiger partial charge in [0.05, 0.1) is 6.61 Å². The van der Waals surface area contributed by atoms with E-state index in [2.05, 4.69) is 39.2 Å². The van der Waals surface area contributed by atoms with Crippen LogP contribution in [0.5, 0.6) is 5.88 Å². The largest absolute Gasteiger partial charge is 0.478 e. The van der Waals surface area contributed by atoms with Crippen LogP contribution < -0.4 is 10.1 Å². The molecular weight excluding hydrogens is 254 g/mol. The van der Waals surface area contributed by atoms with E-state index < -0.39 is 0 Å². The number of hydrogen-bond acceptors (Lipinski definition) is 6. The molecule has 0 aliphatic carbocycles. The highest BCUT2D eigenvalue weighted by molar-refractivity contribution is 5.38. The fraction of sp³-hybridized carbons (Fsp3) is 0.714. The number of likely N-dealkylation sites (N-methyl/N-ethyl adjacent to an activating group) is 2. The molecular formula is C14H25N5O. The van der Waals surface area contributed by atoms with Crippen molar-refractivity contribution in [3.05, 3.63) is 11.9 Å². The number of anilines is 1. The highest BCUT2D eigenvalue weighted by Crippen LogP contribution is 2.14. The van der Waals surface area contributed by atoms with E-state index in [1.165, 1.54) is 0 Å². The topological polar surface area (TPSA) is 53.5 Å². The van der Waals surface area contributed by atoms with Crippen molar-refractivity contribution in [3.8, 4) is 5.88 Å². The van der Waals surface area contributed by atoms with Crippen LogP contribution >= 0.6 is 0 Å². The van der Waals surface area contributed by atoms with Gasteiger partial charge in [0.1, 0.15) is 11.6 Å². The summed E-state index contributed by atoms with van der Waals surface area (Å²) in [5.41, 5.74) is 0. The third-order valence-corrected chi connectivity index (χ3v) is 3.61. The smallest absolute Gasteiger partial charge is 0.218 e. The van der Waals surface area contributed by atoms with Crippen LogP contribution in [0.15, 0.2) is 6.07 Å². The Labute approximate surface area is 121 Å². The predicted molar refractivity (Wildman–Crippen MR) is 80.3 cm³/mol. The Morgan fingerprint density at radius 1 is 1.35 bits per heavy atom. The van der Waals surface area contributed by atoms with Gasteiger partial charge in [-0.2, -0.15) is 4.98 Å². The maximum absolute atomic E-state index is 5.45. The van der Waals surface area contributed by atoms with Gasteiger partial charge in [0.15, 0.2) is 0 Å². The number of hydrogen-bond donors (Lipinski definition) is 1. The van der Waals surface area contributed by atoms with Gasteiger partial charge in [0.25, 0.3) is 0 Å². The van der Waals surface area contributed by atoms with Gasteiger partial charge in [-0.05, 0) is 27.9 Å². The minimum Gasteiger partial charge on any atom is -0.478 e. The van der Waals surface area contributed by atoms with Gasteiger partial charge in [-0.1, -0.05) is 0 Å². The van der Waals surface area contributed by atoms with Crippen LogP contribution in [0.25, 0.3) is 0 Å². The zero-order valence-corrected chi connectivity index (χ0v) is 12.9. The van der Waals surface area contributed by atoms with Crippen LogP contribution in [0.4, 0.5) is 5.82 Å². The molecule has 2 heterocycles. The fourth-order valence-electron chi connectivity index (χ4n) is 2.40. The van der Waals surface area contributed by atoms with E-state index >= 15 is 0 Å². The fourth-order valence-corrected chi connectivity index (χ4v) is 2.40. The minimum atomic E-state index is 0.500. The molecule has 1 aromatic rings. The van der Waals surface area contributed by atoms with Gasteiger partial charge >= 0.3 is 0 Å². The Morgan fingerprint density at radius 3 is 2.90 bits per heavy atom. The zero-order chi connectivity index (χ0) is 14.5. The highest BCUT2D eigenvalue weighted by Gasteiger charge is 2.21. The summed E-state index contributed by atoms with van der Waals surface area (Å²) in [7, 11) is 4.35. The van der Waals surface area contributed by atoms with Gasteiger partial charge in [-0.25, -0.2) is 4.98 Å². The molecule has 112 valence electrons. The molecule has 0 saturated carbocycles. The van der Waals surface area contributed by atoms with E-state index in [1.54, 1.807) is 0 Å². The third kappa shape index (κ3) is 4.05. The maximum atomic E-state index is 5.45. The summed E-state index contributed by atoms with van der Waals surface area (Å²) < 4.78 is 5.45. The lowest BCUT2D eigenvalue weighted by atomic mass is 10.2. The number of piperazine rings is 1. The van der Waals surface area contributed by atoms with Crippen molar-refractivity contribution >= 4 is 5.82 Å². The van der Waals surface area contributed by atoms with E-state index in [9.17, 15) is 0 Å². The van der Waals surface area contributed by atoms with Crippen LogP contribution in [0.3, 0.4) is 0 Å². The maximum Gasteiger partial charge on any atom is 0.218 e. The molecule has 20 heavy (non-hydrogen) atoms. The summed E-state index contributed by atoms with van der Waals surface area (Å²) in [6.45, 7) is 8.65. The predicted octanol–water partition coefficient (Wildman–Crippen LogP) is 0.841. The van der Waals surface area contributed by atoms with Gasteiger partial charge in [0, 0.05) is 38.3 Å². The number of aryl methyl sites for hydroxylation is 1. The molecule has 1 atom stereocenters. The number of rotatable bonds is 5. The minimum absolute atomic E-state index is 0.500. The molecule has 0 amide bonds. The first kappa shape index (κ1) is 15.0. The lowest BCUT2D eigenvalue weighted by molar-refractivity contribution is 0.122. The zero-order valence-electron chi connectivity index (χ0n) is 12.9. The molecule has 1 fully saturated rings. The van der Waals surface area contributed by atoms with E-state index in [4.69, 9.17) is 4.74 Å². The molecule has 2 rings (SSSR count). The second-order valence-electron chi connectivity index (χ2n) is 5.35. The van der Waals surface area contributed by atoms with Gasteiger partial charge in [-0.15, -0.1) is 0 Å². The van der Waals surface area contributed by atoms with Crippen molar-refractivity contribution in [1.29, 1.82) is 0 Å². The van der Waals surface area contributed by atoms with Crippen molar-refractivity contribution in [2.24, 2.45) is 0 Å². The van der Waals surface area contributed by atoms with Crippen LogP contribution in [0.1, 0.15) is 12.7 Å². The molecule has 6 heteroatoms. The Kier molecular flexibility index (Phi) is 5.14. The Morgan fingerprint density at radius 2 is 2.15 bits per heavy atom. The molecule has 0 spiro atoms. The summed E-state index contributed by atoms with van der Waals surface area (Å²) in [6.07, 6.45) is 0. The molecule has 1 aliphatic heterocycles.